The molecule has 3 heterocycles. The van der Waals surface area contributed by atoms with Crippen molar-refractivity contribution in [2.24, 2.45) is 0 Å². The summed E-state index contributed by atoms with van der Waals surface area (Å²) in [6.45, 7) is 5.88. The minimum Gasteiger partial charge on any atom is -0.344 e. The maximum Gasteiger partial charge on any atom is 0.175 e. The number of nitrogens with zero attached hydrogens (tertiary/aromatic N) is 2. The Bertz CT molecular complexity index is 896. The minimum absolute atomic E-state index is 0.0413. The van der Waals surface area contributed by atoms with Gasteiger partial charge < -0.3 is 9.55 Å². The third-order valence-electron chi connectivity index (χ3n) is 4.68. The molecular weight excluding hydrogens is 358 g/mol. The Morgan fingerprint density at radius 3 is 2.80 bits per heavy atom. The molecule has 8 heteroatoms. The average molecular weight is 382 g/mol. The van der Waals surface area contributed by atoms with Crippen molar-refractivity contribution in [3.63, 3.8) is 0 Å². The first-order valence-corrected chi connectivity index (χ1v) is 11.2. The number of thioether (sulfide) groups is 1. The minimum atomic E-state index is -2.96. The first-order chi connectivity index (χ1) is 11.8. The number of hydrogen-bond donors (Lipinski definition) is 1. The zero-order chi connectivity index (χ0) is 18.2. The van der Waals surface area contributed by atoms with Crippen LogP contribution in [0, 0.1) is 13.8 Å². The molecule has 0 spiro atoms. The highest BCUT2D eigenvalue weighted by Gasteiger charge is 2.31. The van der Waals surface area contributed by atoms with E-state index in [1.807, 2.05) is 31.4 Å². The summed E-state index contributed by atoms with van der Waals surface area (Å²) >= 11 is 1.39. The highest BCUT2D eigenvalue weighted by atomic mass is 32.2. The maximum atomic E-state index is 12.6. The van der Waals surface area contributed by atoms with Crippen LogP contribution in [0.4, 0.5) is 0 Å². The quantitative estimate of drug-likeness (QED) is 0.614. The Labute approximate surface area is 152 Å². The molecule has 6 nitrogen and oxygen atoms in total. The number of rotatable bonds is 6. The predicted molar refractivity (Wildman–Crippen MR) is 99.2 cm³/mol. The monoisotopic (exact) mass is 381 g/mol. The SMILES string of the molecule is CCc1cnc(SCC(=O)c2cc(C)n([C@H]3CCS(=O)(=O)C3)c2C)[nH]1. The van der Waals surface area contributed by atoms with Gasteiger partial charge in [0.05, 0.1) is 17.3 Å². The maximum absolute atomic E-state index is 12.6. The third kappa shape index (κ3) is 3.84. The molecule has 1 fully saturated rings. The average Bonchev–Trinajstić information content (AvgIpc) is 3.23. The van der Waals surface area contributed by atoms with Gasteiger partial charge in [-0.15, -0.1) is 0 Å². The fourth-order valence-corrected chi connectivity index (χ4v) is 5.86. The molecule has 0 amide bonds. The Balaban J connectivity index is 1.74. The second kappa shape index (κ2) is 6.99. The highest BCUT2D eigenvalue weighted by molar-refractivity contribution is 7.99. The molecular formula is C17H23N3O3S2. The summed E-state index contributed by atoms with van der Waals surface area (Å²) in [6, 6.07) is 1.82. The summed E-state index contributed by atoms with van der Waals surface area (Å²) in [5.41, 5.74) is 3.53. The molecule has 0 aromatic carbocycles. The number of sulfone groups is 1. The number of imidazole rings is 1. The van der Waals surface area contributed by atoms with Crippen LogP contribution in [0.3, 0.4) is 0 Å². The van der Waals surface area contributed by atoms with E-state index in [2.05, 4.69) is 9.97 Å². The van der Waals surface area contributed by atoms with Gasteiger partial charge in [0, 0.05) is 34.9 Å². The first kappa shape index (κ1) is 18.3. The van der Waals surface area contributed by atoms with E-state index in [0.717, 1.165) is 28.7 Å². The van der Waals surface area contributed by atoms with Crippen LogP contribution < -0.4 is 0 Å². The molecule has 2 aromatic rings. The van der Waals surface area contributed by atoms with Crippen molar-refractivity contribution >= 4 is 27.4 Å². The van der Waals surface area contributed by atoms with Crippen molar-refractivity contribution in [1.29, 1.82) is 0 Å². The van der Waals surface area contributed by atoms with Crippen molar-refractivity contribution in [1.82, 2.24) is 14.5 Å². The van der Waals surface area contributed by atoms with Crippen molar-refractivity contribution in [2.75, 3.05) is 17.3 Å². The fraction of sp³-hybridized carbons (Fsp3) is 0.529. The van der Waals surface area contributed by atoms with Crippen molar-refractivity contribution in [2.45, 2.75) is 44.8 Å². The lowest BCUT2D eigenvalue weighted by molar-refractivity contribution is 0.102. The molecule has 25 heavy (non-hydrogen) atoms. The summed E-state index contributed by atoms with van der Waals surface area (Å²) in [6.07, 6.45) is 3.29. The van der Waals surface area contributed by atoms with Crippen molar-refractivity contribution in [3.8, 4) is 0 Å². The summed E-state index contributed by atoms with van der Waals surface area (Å²) in [5, 5.41) is 0.751. The number of ketones is 1. The van der Waals surface area contributed by atoms with Crippen LogP contribution in [-0.2, 0) is 16.3 Å². The molecule has 3 rings (SSSR count). The largest absolute Gasteiger partial charge is 0.344 e. The summed E-state index contributed by atoms with van der Waals surface area (Å²) in [5.74, 6) is 0.744. The topological polar surface area (TPSA) is 84.8 Å². The molecule has 1 aliphatic rings. The van der Waals surface area contributed by atoms with Gasteiger partial charge in [-0.25, -0.2) is 13.4 Å². The molecule has 0 bridgehead atoms. The van der Waals surface area contributed by atoms with Gasteiger partial charge in [-0.2, -0.15) is 0 Å². The van der Waals surface area contributed by atoms with Gasteiger partial charge in [-0.05, 0) is 32.8 Å². The number of aromatic nitrogens is 3. The van der Waals surface area contributed by atoms with Gasteiger partial charge in [0.1, 0.15) is 0 Å². The molecule has 0 saturated carbocycles. The molecule has 0 radical (unpaired) electrons. The number of carbonyl (C=O) groups is 1. The van der Waals surface area contributed by atoms with E-state index in [1.165, 1.54) is 11.8 Å². The van der Waals surface area contributed by atoms with Crippen LogP contribution in [0.25, 0.3) is 0 Å². The second-order valence-corrected chi connectivity index (χ2v) is 9.68. The Hall–Kier alpha value is -1.54. The summed E-state index contributed by atoms with van der Waals surface area (Å²) in [7, 11) is -2.96. The van der Waals surface area contributed by atoms with Crippen LogP contribution in [0.5, 0.6) is 0 Å². The number of aryl methyl sites for hydroxylation is 2. The van der Waals surface area contributed by atoms with Gasteiger partial charge >= 0.3 is 0 Å². The van der Waals surface area contributed by atoms with E-state index >= 15 is 0 Å². The predicted octanol–water partition coefficient (Wildman–Crippen LogP) is 2.73. The lowest BCUT2D eigenvalue weighted by atomic mass is 10.2. The number of aromatic amines is 1. The number of H-pyrrole nitrogens is 1. The smallest absolute Gasteiger partial charge is 0.175 e. The van der Waals surface area contributed by atoms with E-state index in [-0.39, 0.29) is 23.3 Å². The van der Waals surface area contributed by atoms with Gasteiger partial charge in [0.25, 0.3) is 0 Å². The Morgan fingerprint density at radius 2 is 2.20 bits per heavy atom. The van der Waals surface area contributed by atoms with E-state index < -0.39 is 9.84 Å². The second-order valence-electron chi connectivity index (χ2n) is 6.49. The molecule has 2 aromatic heterocycles. The zero-order valence-electron chi connectivity index (χ0n) is 14.7. The number of carbonyl (C=O) groups excluding carboxylic acids is 1. The molecule has 1 N–H and O–H groups in total. The van der Waals surface area contributed by atoms with Crippen LogP contribution >= 0.6 is 11.8 Å². The molecule has 0 aliphatic carbocycles. The normalized spacial score (nSPS) is 19.4. The van der Waals surface area contributed by atoms with Crippen LogP contribution in [0.1, 0.15) is 46.8 Å². The van der Waals surface area contributed by atoms with Crippen molar-refractivity contribution in [3.05, 3.63) is 34.9 Å². The molecule has 136 valence electrons. The van der Waals surface area contributed by atoms with Gasteiger partial charge in [-0.1, -0.05) is 18.7 Å². The summed E-state index contributed by atoms with van der Waals surface area (Å²) < 4.78 is 25.6. The summed E-state index contributed by atoms with van der Waals surface area (Å²) in [4.78, 5) is 20.1. The standard InChI is InChI=1S/C17H23N3O3S2/c1-4-13-8-18-17(19-13)24-9-16(21)15-7-11(2)20(12(15)3)14-5-6-25(22,23)10-14/h7-8,14H,4-6,9-10H2,1-3H3,(H,18,19)/t14-/m0/s1. The molecule has 1 saturated heterocycles. The molecule has 1 aliphatic heterocycles. The first-order valence-electron chi connectivity index (χ1n) is 8.39. The third-order valence-corrected chi connectivity index (χ3v) is 7.32. The van der Waals surface area contributed by atoms with E-state index in [1.54, 1.807) is 6.20 Å². The number of hydrogen-bond acceptors (Lipinski definition) is 5. The van der Waals surface area contributed by atoms with E-state index in [0.29, 0.717) is 17.7 Å². The number of nitrogens with one attached hydrogen (secondary N) is 1. The lowest BCUT2D eigenvalue weighted by Gasteiger charge is -2.16. The molecule has 1 atom stereocenters. The Morgan fingerprint density at radius 1 is 1.44 bits per heavy atom. The number of Topliss-reactive ketones (excluding diaryl/α,β-unsaturated/α-hetero) is 1. The highest BCUT2D eigenvalue weighted by Crippen LogP contribution is 2.30. The fourth-order valence-electron chi connectivity index (χ4n) is 3.40. The zero-order valence-corrected chi connectivity index (χ0v) is 16.3. The van der Waals surface area contributed by atoms with Crippen LogP contribution in [-0.4, -0.2) is 46.0 Å². The van der Waals surface area contributed by atoms with Crippen LogP contribution in [0.15, 0.2) is 17.4 Å². The lowest BCUT2D eigenvalue weighted by Crippen LogP contribution is -2.14. The van der Waals surface area contributed by atoms with Gasteiger partial charge in [0.15, 0.2) is 20.8 Å². The van der Waals surface area contributed by atoms with Crippen molar-refractivity contribution < 1.29 is 13.2 Å². The van der Waals surface area contributed by atoms with Crippen LogP contribution in [0.2, 0.25) is 0 Å². The van der Waals surface area contributed by atoms with Gasteiger partial charge in [0.2, 0.25) is 0 Å². The van der Waals surface area contributed by atoms with E-state index in [4.69, 9.17) is 0 Å². The molecule has 0 unspecified atom stereocenters. The Kier molecular flexibility index (Phi) is 5.11. The van der Waals surface area contributed by atoms with Gasteiger partial charge in [-0.3, -0.25) is 4.79 Å². The van der Waals surface area contributed by atoms with E-state index in [9.17, 15) is 13.2 Å².